The van der Waals surface area contributed by atoms with Crippen LogP contribution in [0.4, 0.5) is 0 Å². The van der Waals surface area contributed by atoms with Gasteiger partial charge in [-0.15, -0.1) is 0 Å². The first-order valence-electron chi connectivity index (χ1n) is 6.54. The summed E-state index contributed by atoms with van der Waals surface area (Å²) in [4.78, 5) is 23.6. The Bertz CT molecular complexity index is 480. The largest absolute Gasteiger partial charge is 0.459 e. The molecule has 0 saturated heterocycles. The van der Waals surface area contributed by atoms with Gasteiger partial charge in [-0.25, -0.2) is 0 Å². The lowest BCUT2D eigenvalue weighted by atomic mass is 9.99. The molecule has 1 rings (SSSR count). The zero-order chi connectivity index (χ0) is 15.5. The SMILES string of the molecule is Cc1noc(C)c1C(C)C(=O)NCC(=O)OC(C)(C)C. The van der Waals surface area contributed by atoms with Crippen molar-refractivity contribution in [1.29, 1.82) is 0 Å². The van der Waals surface area contributed by atoms with E-state index in [-0.39, 0.29) is 12.5 Å². The van der Waals surface area contributed by atoms with Gasteiger partial charge in [0.15, 0.2) is 0 Å². The van der Waals surface area contributed by atoms with Crippen LogP contribution in [0.1, 0.15) is 50.6 Å². The molecule has 0 aromatic carbocycles. The Morgan fingerprint density at radius 1 is 1.35 bits per heavy atom. The predicted octanol–water partition coefficient (Wildman–Crippen LogP) is 1.85. The molecule has 1 aromatic heterocycles. The normalized spacial score (nSPS) is 12.9. The summed E-state index contributed by atoms with van der Waals surface area (Å²) >= 11 is 0. The van der Waals surface area contributed by atoms with Crippen LogP contribution in [0, 0.1) is 13.8 Å². The third kappa shape index (κ3) is 4.36. The molecule has 20 heavy (non-hydrogen) atoms. The van der Waals surface area contributed by atoms with Crippen molar-refractivity contribution >= 4 is 11.9 Å². The molecule has 6 nitrogen and oxygen atoms in total. The molecular formula is C14H22N2O4. The highest BCUT2D eigenvalue weighted by atomic mass is 16.6. The Kier molecular flexibility index (Phi) is 4.92. The van der Waals surface area contributed by atoms with Gasteiger partial charge in [0.1, 0.15) is 17.9 Å². The summed E-state index contributed by atoms with van der Waals surface area (Å²) in [7, 11) is 0. The zero-order valence-corrected chi connectivity index (χ0v) is 12.9. The summed E-state index contributed by atoms with van der Waals surface area (Å²) in [5, 5.41) is 6.38. The van der Waals surface area contributed by atoms with E-state index in [0.29, 0.717) is 11.5 Å². The number of esters is 1. The highest BCUT2D eigenvalue weighted by Gasteiger charge is 2.24. The van der Waals surface area contributed by atoms with Gasteiger partial charge in [0.25, 0.3) is 0 Å². The molecule has 0 fully saturated rings. The van der Waals surface area contributed by atoms with Gasteiger partial charge in [-0.3, -0.25) is 9.59 Å². The van der Waals surface area contributed by atoms with Crippen LogP contribution in [-0.4, -0.2) is 29.2 Å². The Morgan fingerprint density at radius 3 is 2.40 bits per heavy atom. The number of nitrogens with one attached hydrogen (secondary N) is 1. The number of ether oxygens (including phenoxy) is 1. The summed E-state index contributed by atoms with van der Waals surface area (Å²) in [6.07, 6.45) is 0. The average Bonchev–Trinajstić information content (AvgIpc) is 2.63. The van der Waals surface area contributed by atoms with Crippen LogP contribution in [-0.2, 0) is 14.3 Å². The van der Waals surface area contributed by atoms with Crippen LogP contribution in [0.2, 0.25) is 0 Å². The molecule has 0 bridgehead atoms. The summed E-state index contributed by atoms with van der Waals surface area (Å²) in [5.74, 6) is -0.534. The van der Waals surface area contributed by atoms with Crippen molar-refractivity contribution < 1.29 is 18.8 Å². The highest BCUT2D eigenvalue weighted by Crippen LogP contribution is 2.22. The topological polar surface area (TPSA) is 81.4 Å². The van der Waals surface area contributed by atoms with E-state index in [9.17, 15) is 9.59 Å². The minimum Gasteiger partial charge on any atom is -0.459 e. The minimum atomic E-state index is -0.560. The van der Waals surface area contributed by atoms with E-state index in [1.54, 1.807) is 41.5 Å². The molecule has 0 aliphatic heterocycles. The first-order chi connectivity index (χ1) is 9.11. The number of aromatic nitrogens is 1. The molecule has 1 amide bonds. The molecule has 0 aliphatic carbocycles. The minimum absolute atomic E-state index is 0.149. The van der Waals surface area contributed by atoms with E-state index in [1.165, 1.54) is 0 Å². The second-order valence-corrected chi connectivity index (χ2v) is 5.76. The standard InChI is InChI=1S/C14H22N2O4/c1-8(12-9(2)16-20-10(12)3)13(18)15-7-11(17)19-14(4,5)6/h8H,7H2,1-6H3,(H,15,18). The highest BCUT2D eigenvalue weighted by molar-refractivity contribution is 5.87. The number of carbonyl (C=O) groups excluding carboxylic acids is 2. The lowest BCUT2D eigenvalue weighted by Crippen LogP contribution is -2.36. The summed E-state index contributed by atoms with van der Waals surface area (Å²) in [5.41, 5.74) is 0.879. The number of aryl methyl sites for hydroxylation is 2. The first-order valence-corrected chi connectivity index (χ1v) is 6.54. The summed E-state index contributed by atoms with van der Waals surface area (Å²) in [6, 6.07) is 0. The third-order valence-corrected chi connectivity index (χ3v) is 2.74. The van der Waals surface area contributed by atoms with E-state index in [1.807, 2.05) is 0 Å². The van der Waals surface area contributed by atoms with Crippen LogP contribution >= 0.6 is 0 Å². The molecule has 6 heteroatoms. The van der Waals surface area contributed by atoms with Gasteiger partial charge in [0, 0.05) is 5.56 Å². The van der Waals surface area contributed by atoms with Crippen LogP contribution in [0.3, 0.4) is 0 Å². The molecule has 0 aliphatic rings. The second kappa shape index (κ2) is 6.07. The smallest absolute Gasteiger partial charge is 0.325 e. The Balaban J connectivity index is 2.58. The molecule has 0 radical (unpaired) electrons. The summed E-state index contributed by atoms with van der Waals surface area (Å²) < 4.78 is 10.2. The van der Waals surface area contributed by atoms with Gasteiger partial charge in [0.2, 0.25) is 5.91 Å². The Labute approximate surface area is 118 Å². The van der Waals surface area contributed by atoms with E-state index < -0.39 is 17.5 Å². The fraction of sp³-hybridized carbons (Fsp3) is 0.643. The van der Waals surface area contributed by atoms with Gasteiger partial charge in [-0.2, -0.15) is 0 Å². The number of rotatable bonds is 4. The van der Waals surface area contributed by atoms with Crippen LogP contribution < -0.4 is 5.32 Å². The van der Waals surface area contributed by atoms with Gasteiger partial charge >= 0.3 is 5.97 Å². The Hall–Kier alpha value is -1.85. The number of nitrogens with zero attached hydrogens (tertiary/aromatic N) is 1. The molecule has 1 aromatic rings. The first kappa shape index (κ1) is 16.2. The maximum absolute atomic E-state index is 12.0. The van der Waals surface area contributed by atoms with Crippen molar-refractivity contribution in [3.63, 3.8) is 0 Å². The fourth-order valence-corrected chi connectivity index (χ4v) is 1.93. The molecule has 1 atom stereocenters. The number of amides is 1. The average molecular weight is 282 g/mol. The number of hydrogen-bond donors (Lipinski definition) is 1. The zero-order valence-electron chi connectivity index (χ0n) is 12.9. The van der Waals surface area contributed by atoms with E-state index in [4.69, 9.17) is 9.26 Å². The molecule has 1 heterocycles. The fourth-order valence-electron chi connectivity index (χ4n) is 1.93. The van der Waals surface area contributed by atoms with Gasteiger partial charge < -0.3 is 14.6 Å². The maximum Gasteiger partial charge on any atom is 0.325 e. The molecule has 0 spiro atoms. The monoisotopic (exact) mass is 282 g/mol. The lowest BCUT2D eigenvalue weighted by Gasteiger charge is -2.20. The quantitative estimate of drug-likeness (QED) is 0.852. The molecule has 112 valence electrons. The van der Waals surface area contributed by atoms with E-state index >= 15 is 0 Å². The van der Waals surface area contributed by atoms with Crippen molar-refractivity contribution in [2.75, 3.05) is 6.54 Å². The maximum atomic E-state index is 12.0. The van der Waals surface area contributed by atoms with Gasteiger partial charge in [-0.05, 0) is 41.5 Å². The molecule has 1 unspecified atom stereocenters. The lowest BCUT2D eigenvalue weighted by molar-refractivity contribution is -0.154. The van der Waals surface area contributed by atoms with Crippen molar-refractivity contribution in [2.45, 2.75) is 53.1 Å². The van der Waals surface area contributed by atoms with Gasteiger partial charge in [-0.1, -0.05) is 5.16 Å². The van der Waals surface area contributed by atoms with E-state index in [2.05, 4.69) is 10.5 Å². The molecule has 0 saturated carbocycles. The predicted molar refractivity (Wildman–Crippen MR) is 73.2 cm³/mol. The van der Waals surface area contributed by atoms with Crippen molar-refractivity contribution in [3.05, 3.63) is 17.0 Å². The summed E-state index contributed by atoms with van der Waals surface area (Å²) in [6.45, 7) is 10.5. The van der Waals surface area contributed by atoms with Crippen LogP contribution in [0.25, 0.3) is 0 Å². The third-order valence-electron chi connectivity index (χ3n) is 2.74. The van der Waals surface area contributed by atoms with Crippen LogP contribution in [0.5, 0.6) is 0 Å². The van der Waals surface area contributed by atoms with Crippen molar-refractivity contribution in [2.24, 2.45) is 0 Å². The second-order valence-electron chi connectivity index (χ2n) is 5.76. The molecule has 1 N–H and O–H groups in total. The van der Waals surface area contributed by atoms with Crippen molar-refractivity contribution in [3.8, 4) is 0 Å². The number of hydrogen-bond acceptors (Lipinski definition) is 5. The van der Waals surface area contributed by atoms with E-state index in [0.717, 1.165) is 5.56 Å². The Morgan fingerprint density at radius 2 is 1.95 bits per heavy atom. The van der Waals surface area contributed by atoms with Crippen molar-refractivity contribution in [1.82, 2.24) is 10.5 Å². The number of carbonyl (C=O) groups is 2. The van der Waals surface area contributed by atoms with Crippen LogP contribution in [0.15, 0.2) is 4.52 Å². The van der Waals surface area contributed by atoms with Gasteiger partial charge in [0.05, 0.1) is 11.6 Å². The molecular weight excluding hydrogens is 260 g/mol.